The van der Waals surface area contributed by atoms with Crippen LogP contribution in [0.3, 0.4) is 0 Å². The van der Waals surface area contributed by atoms with Crippen LogP contribution in [0.2, 0.25) is 0 Å². The van der Waals surface area contributed by atoms with Crippen LogP contribution < -0.4 is 0 Å². The molecule has 0 radical (unpaired) electrons. The second-order valence-corrected chi connectivity index (χ2v) is 6.85. The zero-order chi connectivity index (χ0) is 17.1. The number of thioether (sulfide) groups is 1. The van der Waals surface area contributed by atoms with Crippen LogP contribution in [0.15, 0.2) is 47.1 Å². The molecular formula is C18H19NO4S. The van der Waals surface area contributed by atoms with Crippen molar-refractivity contribution in [2.45, 2.75) is 31.9 Å². The van der Waals surface area contributed by atoms with E-state index in [9.17, 15) is 9.59 Å². The molecule has 1 aromatic carbocycles. The van der Waals surface area contributed by atoms with Gasteiger partial charge in [0.25, 0.3) is 0 Å². The van der Waals surface area contributed by atoms with E-state index in [0.29, 0.717) is 11.5 Å². The number of ether oxygens (including phenoxy) is 1. The van der Waals surface area contributed by atoms with Crippen molar-refractivity contribution in [3.63, 3.8) is 0 Å². The molecule has 1 aliphatic rings. The third-order valence-corrected chi connectivity index (χ3v) is 5.17. The number of carbonyl (C=O) groups excluding carboxylic acids is 2. The van der Waals surface area contributed by atoms with Crippen LogP contribution in [0.5, 0.6) is 0 Å². The van der Waals surface area contributed by atoms with Crippen molar-refractivity contribution >= 4 is 23.6 Å². The first-order valence-corrected chi connectivity index (χ1v) is 8.77. The highest BCUT2D eigenvalue weighted by Gasteiger charge is 2.43. The van der Waals surface area contributed by atoms with Crippen molar-refractivity contribution in [1.29, 1.82) is 0 Å². The molecule has 5 nitrogen and oxygen atoms in total. The summed E-state index contributed by atoms with van der Waals surface area (Å²) in [6.45, 7) is 3.66. The smallest absolute Gasteiger partial charge is 0.330 e. The quantitative estimate of drug-likeness (QED) is 0.796. The SMILES string of the molecule is CC(=O)N1[C@@H](C(=O)OCc2cccc(C)c2)CS[C@@H]1c1ccco1. The zero-order valence-corrected chi connectivity index (χ0v) is 14.4. The van der Waals surface area contributed by atoms with Gasteiger partial charge in [0.05, 0.1) is 6.26 Å². The second kappa shape index (κ2) is 7.13. The largest absolute Gasteiger partial charge is 0.466 e. The lowest BCUT2D eigenvalue weighted by Crippen LogP contribution is -2.42. The molecule has 0 aliphatic carbocycles. The van der Waals surface area contributed by atoms with Gasteiger partial charge in [0, 0.05) is 12.7 Å². The number of rotatable bonds is 4. The Morgan fingerprint density at radius 3 is 2.83 bits per heavy atom. The number of esters is 1. The molecule has 0 bridgehead atoms. The molecule has 0 unspecified atom stereocenters. The fourth-order valence-electron chi connectivity index (χ4n) is 2.78. The Bertz CT molecular complexity index is 728. The highest BCUT2D eigenvalue weighted by atomic mass is 32.2. The van der Waals surface area contributed by atoms with Gasteiger partial charge in [0.15, 0.2) is 0 Å². The normalized spacial score (nSPS) is 20.2. The van der Waals surface area contributed by atoms with Crippen LogP contribution in [-0.2, 0) is 20.9 Å². The number of amides is 1. The van der Waals surface area contributed by atoms with Crippen LogP contribution >= 0.6 is 11.8 Å². The lowest BCUT2D eigenvalue weighted by Gasteiger charge is -2.25. The fourth-order valence-corrected chi connectivity index (χ4v) is 4.19. The van der Waals surface area contributed by atoms with Gasteiger partial charge in [-0.1, -0.05) is 29.8 Å². The monoisotopic (exact) mass is 345 g/mol. The molecule has 1 amide bonds. The molecule has 1 aromatic heterocycles. The molecule has 3 rings (SSSR count). The average molecular weight is 345 g/mol. The second-order valence-electron chi connectivity index (χ2n) is 5.74. The van der Waals surface area contributed by atoms with Gasteiger partial charge in [-0.2, -0.15) is 0 Å². The van der Waals surface area contributed by atoms with Crippen LogP contribution in [0.1, 0.15) is 29.2 Å². The van der Waals surface area contributed by atoms with E-state index in [0.717, 1.165) is 11.1 Å². The molecule has 1 aliphatic heterocycles. The van der Waals surface area contributed by atoms with Crippen molar-refractivity contribution < 1.29 is 18.7 Å². The Morgan fingerprint density at radius 1 is 1.33 bits per heavy atom. The Labute approximate surface area is 145 Å². The minimum absolute atomic E-state index is 0.168. The van der Waals surface area contributed by atoms with Gasteiger partial charge in [-0.05, 0) is 24.6 Å². The number of nitrogens with zero attached hydrogens (tertiary/aromatic N) is 1. The summed E-state index contributed by atoms with van der Waals surface area (Å²) >= 11 is 1.51. The summed E-state index contributed by atoms with van der Waals surface area (Å²) in [5, 5.41) is -0.283. The summed E-state index contributed by atoms with van der Waals surface area (Å²) in [5.74, 6) is 0.619. The van der Waals surface area contributed by atoms with E-state index in [2.05, 4.69) is 0 Å². The summed E-state index contributed by atoms with van der Waals surface area (Å²) in [7, 11) is 0. The van der Waals surface area contributed by atoms with Crippen LogP contribution in [0.4, 0.5) is 0 Å². The first-order chi connectivity index (χ1) is 11.6. The van der Waals surface area contributed by atoms with Crippen molar-refractivity contribution in [1.82, 2.24) is 4.90 Å². The molecule has 2 aromatic rings. The molecule has 0 saturated carbocycles. The predicted molar refractivity (Wildman–Crippen MR) is 91.2 cm³/mol. The molecule has 0 N–H and O–H groups in total. The zero-order valence-electron chi connectivity index (χ0n) is 13.6. The van der Waals surface area contributed by atoms with Gasteiger partial charge >= 0.3 is 5.97 Å². The summed E-state index contributed by atoms with van der Waals surface area (Å²) in [6.07, 6.45) is 1.57. The molecule has 1 fully saturated rings. The van der Waals surface area contributed by atoms with Gasteiger partial charge < -0.3 is 14.1 Å². The number of hydrogen-bond donors (Lipinski definition) is 0. The first kappa shape index (κ1) is 16.6. The van der Waals surface area contributed by atoms with E-state index in [1.54, 1.807) is 17.2 Å². The van der Waals surface area contributed by atoms with Crippen LogP contribution in [0.25, 0.3) is 0 Å². The number of benzene rings is 1. The fraction of sp³-hybridized carbons (Fsp3) is 0.333. The maximum Gasteiger partial charge on any atom is 0.330 e. The Balaban J connectivity index is 1.68. The van der Waals surface area contributed by atoms with Gasteiger partial charge in [-0.25, -0.2) is 4.79 Å². The Hall–Kier alpha value is -2.21. The molecule has 2 heterocycles. The van der Waals surface area contributed by atoms with E-state index in [-0.39, 0.29) is 23.9 Å². The maximum absolute atomic E-state index is 12.5. The van der Waals surface area contributed by atoms with Gasteiger partial charge in [-0.15, -0.1) is 11.8 Å². The standard InChI is InChI=1S/C18H19NO4S/c1-12-5-3-6-14(9-12)10-23-18(21)15-11-24-17(19(15)13(2)20)16-7-4-8-22-16/h3-9,15,17H,10-11H2,1-2H3/t15-,17-/m1/s1. The highest BCUT2D eigenvalue weighted by molar-refractivity contribution is 7.99. The van der Waals surface area contributed by atoms with Gasteiger partial charge in [-0.3, -0.25) is 4.79 Å². The van der Waals surface area contributed by atoms with E-state index >= 15 is 0 Å². The number of carbonyl (C=O) groups is 2. The van der Waals surface area contributed by atoms with Gasteiger partial charge in [0.2, 0.25) is 5.91 Å². The molecule has 1 saturated heterocycles. The third-order valence-electron chi connectivity index (χ3n) is 3.89. The maximum atomic E-state index is 12.5. The molecule has 24 heavy (non-hydrogen) atoms. The lowest BCUT2D eigenvalue weighted by atomic mass is 10.1. The topological polar surface area (TPSA) is 59.8 Å². The molecule has 2 atom stereocenters. The van der Waals surface area contributed by atoms with Crippen molar-refractivity contribution in [3.05, 3.63) is 59.5 Å². The van der Waals surface area contributed by atoms with E-state index in [1.807, 2.05) is 37.3 Å². The van der Waals surface area contributed by atoms with E-state index in [4.69, 9.17) is 9.15 Å². The van der Waals surface area contributed by atoms with Crippen molar-refractivity contribution in [2.24, 2.45) is 0 Å². The van der Waals surface area contributed by atoms with Crippen LogP contribution in [-0.4, -0.2) is 28.6 Å². The average Bonchev–Trinajstić information content (AvgIpc) is 3.21. The van der Waals surface area contributed by atoms with E-state index < -0.39 is 6.04 Å². The summed E-state index contributed by atoms with van der Waals surface area (Å²) in [5.41, 5.74) is 2.05. The minimum atomic E-state index is -0.590. The molecule has 6 heteroatoms. The van der Waals surface area contributed by atoms with Crippen LogP contribution in [0, 0.1) is 6.92 Å². The number of hydrogen-bond acceptors (Lipinski definition) is 5. The highest BCUT2D eigenvalue weighted by Crippen LogP contribution is 2.41. The summed E-state index contributed by atoms with van der Waals surface area (Å²) < 4.78 is 10.8. The Kier molecular flexibility index (Phi) is 4.94. The Morgan fingerprint density at radius 2 is 2.17 bits per heavy atom. The first-order valence-electron chi connectivity index (χ1n) is 7.72. The van der Waals surface area contributed by atoms with E-state index in [1.165, 1.54) is 18.7 Å². The lowest BCUT2D eigenvalue weighted by molar-refractivity contribution is -0.154. The predicted octanol–water partition coefficient (Wildman–Crippen LogP) is 3.29. The molecule has 0 spiro atoms. The van der Waals surface area contributed by atoms with Crippen molar-refractivity contribution in [3.8, 4) is 0 Å². The number of furan rings is 1. The third kappa shape index (κ3) is 3.48. The van der Waals surface area contributed by atoms with Gasteiger partial charge in [0.1, 0.15) is 23.8 Å². The minimum Gasteiger partial charge on any atom is -0.466 e. The summed E-state index contributed by atoms with van der Waals surface area (Å²) in [4.78, 5) is 26.1. The molecular weight excluding hydrogens is 326 g/mol. The molecule has 126 valence electrons. The number of aryl methyl sites for hydroxylation is 1. The van der Waals surface area contributed by atoms with Crippen molar-refractivity contribution in [2.75, 3.05) is 5.75 Å². The summed E-state index contributed by atoms with van der Waals surface area (Å²) in [6, 6.07) is 10.8.